The molecular formula is C15H22F3NO2. The van der Waals surface area contributed by atoms with E-state index in [9.17, 15) is 13.2 Å². The Morgan fingerprint density at radius 1 is 1.29 bits per heavy atom. The van der Waals surface area contributed by atoms with E-state index in [1.54, 1.807) is 7.11 Å². The van der Waals surface area contributed by atoms with E-state index in [0.29, 0.717) is 19.7 Å². The van der Waals surface area contributed by atoms with Crippen molar-refractivity contribution in [3.63, 3.8) is 0 Å². The topological polar surface area (TPSA) is 30.5 Å². The number of benzene rings is 1. The van der Waals surface area contributed by atoms with Gasteiger partial charge in [0.1, 0.15) is 6.61 Å². The quantitative estimate of drug-likeness (QED) is 0.712. The zero-order valence-electron chi connectivity index (χ0n) is 12.4. The zero-order chi connectivity index (χ0) is 15.7. The fourth-order valence-corrected chi connectivity index (χ4v) is 1.96. The molecule has 0 saturated heterocycles. The van der Waals surface area contributed by atoms with Gasteiger partial charge in [-0.1, -0.05) is 29.8 Å². The van der Waals surface area contributed by atoms with Crippen LogP contribution in [0.4, 0.5) is 13.2 Å². The average Bonchev–Trinajstić information content (AvgIpc) is 2.40. The van der Waals surface area contributed by atoms with Crippen LogP contribution < -0.4 is 5.32 Å². The number of alkyl halides is 3. The van der Waals surface area contributed by atoms with Crippen molar-refractivity contribution >= 4 is 0 Å². The van der Waals surface area contributed by atoms with Gasteiger partial charge in [0, 0.05) is 26.1 Å². The maximum Gasteiger partial charge on any atom is 0.411 e. The van der Waals surface area contributed by atoms with E-state index in [4.69, 9.17) is 9.47 Å². The summed E-state index contributed by atoms with van der Waals surface area (Å²) in [5.41, 5.74) is 2.05. The lowest BCUT2D eigenvalue weighted by Crippen LogP contribution is -2.29. The first-order valence-electron chi connectivity index (χ1n) is 6.83. The second-order valence-electron chi connectivity index (χ2n) is 4.94. The van der Waals surface area contributed by atoms with E-state index in [1.165, 1.54) is 0 Å². The molecule has 0 saturated carbocycles. The van der Waals surface area contributed by atoms with Crippen LogP contribution >= 0.6 is 0 Å². The van der Waals surface area contributed by atoms with E-state index in [2.05, 4.69) is 5.32 Å². The van der Waals surface area contributed by atoms with Gasteiger partial charge in [0.05, 0.1) is 13.2 Å². The maximum absolute atomic E-state index is 12.2. The van der Waals surface area contributed by atoms with Gasteiger partial charge in [-0.2, -0.15) is 13.2 Å². The highest BCUT2D eigenvalue weighted by molar-refractivity contribution is 5.25. The van der Waals surface area contributed by atoms with Crippen LogP contribution in [0.25, 0.3) is 0 Å². The molecule has 21 heavy (non-hydrogen) atoms. The second kappa shape index (κ2) is 9.02. The van der Waals surface area contributed by atoms with Gasteiger partial charge in [-0.05, 0) is 12.5 Å². The van der Waals surface area contributed by atoms with Gasteiger partial charge in [0.15, 0.2) is 0 Å². The Bertz CT molecular complexity index is 410. The summed E-state index contributed by atoms with van der Waals surface area (Å²) >= 11 is 0. The van der Waals surface area contributed by atoms with Crippen molar-refractivity contribution < 1.29 is 22.6 Å². The molecule has 6 heteroatoms. The minimum Gasteiger partial charge on any atom is -0.383 e. The SMILES string of the molecule is COCCNCC(COCC(F)(F)F)c1cccc(C)c1. The van der Waals surface area contributed by atoms with Crippen LogP contribution in [0.1, 0.15) is 17.0 Å². The van der Waals surface area contributed by atoms with Crippen molar-refractivity contribution in [3.05, 3.63) is 35.4 Å². The molecule has 0 amide bonds. The van der Waals surface area contributed by atoms with E-state index in [-0.39, 0.29) is 12.5 Å². The summed E-state index contributed by atoms with van der Waals surface area (Å²) < 4.78 is 46.3. The molecule has 0 radical (unpaired) electrons. The van der Waals surface area contributed by atoms with Crippen LogP contribution in [0, 0.1) is 6.92 Å². The van der Waals surface area contributed by atoms with Crippen molar-refractivity contribution in [2.24, 2.45) is 0 Å². The lowest BCUT2D eigenvalue weighted by molar-refractivity contribution is -0.174. The maximum atomic E-state index is 12.2. The number of hydrogen-bond donors (Lipinski definition) is 1. The number of rotatable bonds is 9. The van der Waals surface area contributed by atoms with Crippen LogP contribution in [0.5, 0.6) is 0 Å². The summed E-state index contributed by atoms with van der Waals surface area (Å²) in [6.07, 6.45) is -4.29. The third kappa shape index (κ3) is 8.04. The summed E-state index contributed by atoms with van der Waals surface area (Å²) in [4.78, 5) is 0. The van der Waals surface area contributed by atoms with Crippen molar-refractivity contribution in [2.75, 3.05) is 40.0 Å². The smallest absolute Gasteiger partial charge is 0.383 e. The van der Waals surface area contributed by atoms with E-state index >= 15 is 0 Å². The number of halogens is 3. The fraction of sp³-hybridized carbons (Fsp3) is 0.600. The van der Waals surface area contributed by atoms with Gasteiger partial charge in [-0.3, -0.25) is 0 Å². The molecule has 1 aromatic rings. The molecule has 0 aliphatic heterocycles. The molecule has 0 heterocycles. The van der Waals surface area contributed by atoms with Gasteiger partial charge in [0.2, 0.25) is 0 Å². The number of nitrogens with one attached hydrogen (secondary N) is 1. The normalized spacial score (nSPS) is 13.4. The summed E-state index contributed by atoms with van der Waals surface area (Å²) in [6.45, 7) is 2.53. The number of aryl methyl sites for hydroxylation is 1. The molecule has 3 nitrogen and oxygen atoms in total. The fourth-order valence-electron chi connectivity index (χ4n) is 1.96. The van der Waals surface area contributed by atoms with Crippen molar-refractivity contribution in [2.45, 2.75) is 19.0 Å². The predicted octanol–water partition coefficient (Wildman–Crippen LogP) is 2.89. The predicted molar refractivity (Wildman–Crippen MR) is 75.5 cm³/mol. The molecule has 1 unspecified atom stereocenters. The summed E-state index contributed by atoms with van der Waals surface area (Å²) in [7, 11) is 1.60. The molecular weight excluding hydrogens is 283 g/mol. The lowest BCUT2D eigenvalue weighted by atomic mass is 9.98. The van der Waals surface area contributed by atoms with E-state index in [1.807, 2.05) is 31.2 Å². The number of hydrogen-bond acceptors (Lipinski definition) is 3. The van der Waals surface area contributed by atoms with Gasteiger partial charge < -0.3 is 14.8 Å². The first-order valence-corrected chi connectivity index (χ1v) is 6.83. The standard InChI is InChI=1S/C15H22F3NO2/c1-12-4-3-5-13(8-12)14(9-19-6-7-20-2)10-21-11-15(16,17)18/h3-5,8,14,19H,6-7,9-11H2,1-2H3. The monoisotopic (exact) mass is 305 g/mol. The Kier molecular flexibility index (Phi) is 7.71. The molecule has 0 aromatic heterocycles. The Morgan fingerprint density at radius 3 is 2.67 bits per heavy atom. The molecule has 120 valence electrons. The van der Waals surface area contributed by atoms with Gasteiger partial charge in [-0.15, -0.1) is 0 Å². The van der Waals surface area contributed by atoms with Crippen LogP contribution in [0.15, 0.2) is 24.3 Å². The van der Waals surface area contributed by atoms with Crippen molar-refractivity contribution in [3.8, 4) is 0 Å². The highest BCUT2D eigenvalue weighted by Gasteiger charge is 2.28. The largest absolute Gasteiger partial charge is 0.411 e. The number of ether oxygens (including phenoxy) is 2. The molecule has 1 atom stereocenters. The summed E-state index contributed by atoms with van der Waals surface area (Å²) in [5.74, 6) is -0.121. The van der Waals surface area contributed by atoms with Crippen molar-refractivity contribution in [1.82, 2.24) is 5.32 Å². The Labute approximate surface area is 123 Å². The van der Waals surface area contributed by atoms with Crippen LogP contribution in [0.3, 0.4) is 0 Å². The molecule has 0 aliphatic rings. The minimum atomic E-state index is -4.29. The van der Waals surface area contributed by atoms with Gasteiger partial charge in [0.25, 0.3) is 0 Å². The van der Waals surface area contributed by atoms with Crippen LogP contribution in [-0.4, -0.2) is 46.2 Å². The Balaban J connectivity index is 2.57. The van der Waals surface area contributed by atoms with Crippen LogP contribution in [0.2, 0.25) is 0 Å². The Morgan fingerprint density at radius 2 is 2.05 bits per heavy atom. The molecule has 1 aromatic carbocycles. The average molecular weight is 305 g/mol. The molecule has 1 N–H and O–H groups in total. The zero-order valence-corrected chi connectivity index (χ0v) is 12.4. The first kappa shape index (κ1) is 17.9. The van der Waals surface area contributed by atoms with E-state index < -0.39 is 12.8 Å². The first-order chi connectivity index (χ1) is 9.92. The molecule has 0 aliphatic carbocycles. The van der Waals surface area contributed by atoms with Crippen molar-refractivity contribution in [1.29, 1.82) is 0 Å². The third-order valence-corrected chi connectivity index (χ3v) is 2.97. The van der Waals surface area contributed by atoms with Gasteiger partial charge in [-0.25, -0.2) is 0 Å². The van der Waals surface area contributed by atoms with E-state index in [0.717, 1.165) is 11.1 Å². The molecule has 1 rings (SSSR count). The summed E-state index contributed by atoms with van der Waals surface area (Å²) in [6, 6.07) is 7.73. The minimum absolute atomic E-state index is 0.0307. The highest BCUT2D eigenvalue weighted by atomic mass is 19.4. The lowest BCUT2D eigenvalue weighted by Gasteiger charge is -2.19. The third-order valence-electron chi connectivity index (χ3n) is 2.97. The molecule has 0 spiro atoms. The van der Waals surface area contributed by atoms with Gasteiger partial charge >= 0.3 is 6.18 Å². The second-order valence-corrected chi connectivity index (χ2v) is 4.94. The highest BCUT2D eigenvalue weighted by Crippen LogP contribution is 2.20. The molecule has 0 fully saturated rings. The molecule has 0 bridgehead atoms. The Hall–Kier alpha value is -1.11. The number of methoxy groups -OCH3 is 1. The van der Waals surface area contributed by atoms with Crippen LogP contribution in [-0.2, 0) is 9.47 Å². The summed E-state index contributed by atoms with van der Waals surface area (Å²) in [5, 5.41) is 3.17.